The van der Waals surface area contributed by atoms with E-state index in [4.69, 9.17) is 4.74 Å². The molecule has 6 heteroatoms. The second-order valence-electron chi connectivity index (χ2n) is 5.68. The molecular formula is C17H18N4O2. The van der Waals surface area contributed by atoms with Crippen LogP contribution in [0.1, 0.15) is 12.5 Å². The highest BCUT2D eigenvalue weighted by atomic mass is 16.5. The molecular weight excluding hydrogens is 292 g/mol. The normalized spacial score (nSPS) is 17.7. The van der Waals surface area contributed by atoms with Crippen molar-refractivity contribution in [1.82, 2.24) is 19.4 Å². The van der Waals surface area contributed by atoms with Crippen LogP contribution in [0.3, 0.4) is 0 Å². The summed E-state index contributed by atoms with van der Waals surface area (Å²) in [5.74, 6) is 0.767. The van der Waals surface area contributed by atoms with E-state index >= 15 is 0 Å². The van der Waals surface area contributed by atoms with E-state index in [0.29, 0.717) is 0 Å². The Morgan fingerprint density at radius 2 is 2.09 bits per heavy atom. The van der Waals surface area contributed by atoms with Crippen LogP contribution in [0.2, 0.25) is 0 Å². The molecule has 3 heterocycles. The van der Waals surface area contributed by atoms with Crippen LogP contribution < -0.4 is 15.7 Å². The zero-order chi connectivity index (χ0) is 15.8. The van der Waals surface area contributed by atoms with Gasteiger partial charge in [-0.3, -0.25) is 9.13 Å². The van der Waals surface area contributed by atoms with Crippen LogP contribution in [-0.2, 0) is 0 Å². The zero-order valence-electron chi connectivity index (χ0n) is 12.9. The van der Waals surface area contributed by atoms with Gasteiger partial charge in [-0.25, -0.2) is 9.78 Å². The third kappa shape index (κ3) is 2.22. The van der Waals surface area contributed by atoms with Gasteiger partial charge in [-0.15, -0.1) is 0 Å². The van der Waals surface area contributed by atoms with Crippen molar-refractivity contribution < 1.29 is 4.74 Å². The van der Waals surface area contributed by atoms with E-state index < -0.39 is 0 Å². The summed E-state index contributed by atoms with van der Waals surface area (Å²) in [7, 11) is 1.63. The predicted molar refractivity (Wildman–Crippen MR) is 88.4 cm³/mol. The van der Waals surface area contributed by atoms with Crippen LogP contribution in [0.15, 0.2) is 47.4 Å². The molecule has 118 valence electrons. The molecule has 1 aromatic carbocycles. The highest BCUT2D eigenvalue weighted by molar-refractivity contribution is 5.74. The number of imidazole rings is 1. The van der Waals surface area contributed by atoms with E-state index in [1.165, 1.54) is 0 Å². The Hall–Kier alpha value is -2.60. The fourth-order valence-electron chi connectivity index (χ4n) is 3.22. The summed E-state index contributed by atoms with van der Waals surface area (Å²) in [6.07, 6.45) is 2.68. The first-order valence-electron chi connectivity index (χ1n) is 7.72. The number of nitrogens with zero attached hydrogens (tertiary/aromatic N) is 3. The summed E-state index contributed by atoms with van der Waals surface area (Å²) in [6.45, 7) is 1.73. The number of fused-ring (bicyclic) bond motifs is 1. The number of methoxy groups -OCH3 is 1. The largest absolute Gasteiger partial charge is 0.497 e. The molecule has 3 aromatic rings. The Balaban J connectivity index is 1.95. The van der Waals surface area contributed by atoms with Crippen molar-refractivity contribution in [3.8, 4) is 11.4 Å². The number of nitrogens with one attached hydrogen (secondary N) is 1. The molecule has 0 aliphatic carbocycles. The molecule has 4 rings (SSSR count). The van der Waals surface area contributed by atoms with Gasteiger partial charge in [0, 0.05) is 12.7 Å². The zero-order valence-corrected chi connectivity index (χ0v) is 12.9. The van der Waals surface area contributed by atoms with E-state index in [-0.39, 0.29) is 11.7 Å². The van der Waals surface area contributed by atoms with E-state index in [1.54, 1.807) is 17.9 Å². The molecule has 0 saturated carbocycles. The molecule has 0 unspecified atom stereocenters. The lowest BCUT2D eigenvalue weighted by Crippen LogP contribution is -2.28. The van der Waals surface area contributed by atoms with Crippen molar-refractivity contribution in [3.05, 3.63) is 53.1 Å². The molecule has 6 nitrogen and oxygen atoms in total. The van der Waals surface area contributed by atoms with Gasteiger partial charge >= 0.3 is 5.69 Å². The van der Waals surface area contributed by atoms with Crippen LogP contribution >= 0.6 is 0 Å². The number of aromatic nitrogens is 3. The molecule has 1 fully saturated rings. The topological polar surface area (TPSA) is 61.1 Å². The van der Waals surface area contributed by atoms with E-state index in [9.17, 15) is 4.79 Å². The van der Waals surface area contributed by atoms with Crippen LogP contribution in [0.25, 0.3) is 16.9 Å². The number of ether oxygens (including phenoxy) is 1. The summed E-state index contributed by atoms with van der Waals surface area (Å²) >= 11 is 0. The average Bonchev–Trinajstić information content (AvgIpc) is 3.20. The number of pyridine rings is 1. The van der Waals surface area contributed by atoms with E-state index in [0.717, 1.165) is 42.1 Å². The number of hydrogen-bond acceptors (Lipinski definition) is 4. The second-order valence-corrected chi connectivity index (χ2v) is 5.68. The fraction of sp³-hybridized carbons (Fsp3) is 0.294. The lowest BCUT2D eigenvalue weighted by Gasteiger charge is -2.09. The van der Waals surface area contributed by atoms with Gasteiger partial charge in [-0.05, 0) is 49.4 Å². The SMILES string of the molecule is COc1ccc(-n2c(=O)n([C@H]3CCNC3)c3ncccc32)cc1. The smallest absolute Gasteiger partial charge is 0.335 e. The van der Waals surface area contributed by atoms with Crippen molar-refractivity contribution in [2.24, 2.45) is 0 Å². The van der Waals surface area contributed by atoms with Crippen molar-refractivity contribution >= 4 is 11.2 Å². The molecule has 1 atom stereocenters. The summed E-state index contributed by atoms with van der Waals surface area (Å²) in [5.41, 5.74) is 2.34. The lowest BCUT2D eigenvalue weighted by molar-refractivity contribution is 0.414. The Kier molecular flexibility index (Phi) is 3.38. The minimum atomic E-state index is -0.0439. The molecule has 1 saturated heterocycles. The van der Waals surface area contributed by atoms with Crippen molar-refractivity contribution in [2.75, 3.05) is 20.2 Å². The first kappa shape index (κ1) is 14.0. The van der Waals surface area contributed by atoms with Gasteiger partial charge in [0.25, 0.3) is 0 Å². The van der Waals surface area contributed by atoms with Gasteiger partial charge in [-0.1, -0.05) is 0 Å². The average molecular weight is 310 g/mol. The Bertz CT molecular complexity index is 889. The van der Waals surface area contributed by atoms with Gasteiger partial charge < -0.3 is 10.1 Å². The lowest BCUT2D eigenvalue weighted by atomic mass is 10.2. The van der Waals surface area contributed by atoms with Gasteiger partial charge in [0.05, 0.1) is 24.4 Å². The quantitative estimate of drug-likeness (QED) is 0.800. The third-order valence-electron chi connectivity index (χ3n) is 4.36. The number of rotatable bonds is 3. The minimum absolute atomic E-state index is 0.0439. The molecule has 2 aromatic heterocycles. The van der Waals surface area contributed by atoms with E-state index in [1.807, 2.05) is 41.0 Å². The minimum Gasteiger partial charge on any atom is -0.497 e. The maximum absolute atomic E-state index is 13.1. The van der Waals surface area contributed by atoms with Crippen LogP contribution in [0, 0.1) is 0 Å². The van der Waals surface area contributed by atoms with Gasteiger partial charge in [0.1, 0.15) is 5.75 Å². The fourth-order valence-corrected chi connectivity index (χ4v) is 3.22. The third-order valence-corrected chi connectivity index (χ3v) is 4.36. The van der Waals surface area contributed by atoms with Crippen LogP contribution in [0.5, 0.6) is 5.75 Å². The molecule has 1 N–H and O–H groups in total. The first-order chi connectivity index (χ1) is 11.3. The molecule has 0 bridgehead atoms. The summed E-state index contributed by atoms with van der Waals surface area (Å²) in [6, 6.07) is 11.5. The molecule has 23 heavy (non-hydrogen) atoms. The van der Waals surface area contributed by atoms with Crippen molar-refractivity contribution in [3.63, 3.8) is 0 Å². The Labute approximate surface area is 133 Å². The maximum Gasteiger partial charge on any atom is 0.335 e. The predicted octanol–water partition coefficient (Wildman–Crippen LogP) is 1.73. The second kappa shape index (κ2) is 5.55. The van der Waals surface area contributed by atoms with Gasteiger partial charge in [0.15, 0.2) is 5.65 Å². The van der Waals surface area contributed by atoms with Gasteiger partial charge in [-0.2, -0.15) is 0 Å². The monoisotopic (exact) mass is 310 g/mol. The summed E-state index contributed by atoms with van der Waals surface area (Å²) < 4.78 is 8.74. The Morgan fingerprint density at radius 1 is 1.26 bits per heavy atom. The maximum atomic E-state index is 13.1. The molecule has 0 radical (unpaired) electrons. The summed E-state index contributed by atoms with van der Waals surface area (Å²) in [4.78, 5) is 17.5. The molecule has 1 aliphatic rings. The summed E-state index contributed by atoms with van der Waals surface area (Å²) in [5, 5.41) is 3.31. The van der Waals surface area contributed by atoms with Crippen LogP contribution in [-0.4, -0.2) is 34.3 Å². The standard InChI is InChI=1S/C17H18N4O2/c1-23-14-6-4-12(5-7-14)20-15-3-2-9-19-16(15)21(17(20)22)13-8-10-18-11-13/h2-7,9,13,18H,8,10-11H2,1H3/t13-/m0/s1. The Morgan fingerprint density at radius 3 is 2.78 bits per heavy atom. The van der Waals surface area contributed by atoms with Gasteiger partial charge in [0.2, 0.25) is 0 Å². The first-order valence-corrected chi connectivity index (χ1v) is 7.72. The van der Waals surface area contributed by atoms with Crippen molar-refractivity contribution in [1.29, 1.82) is 0 Å². The number of hydrogen-bond donors (Lipinski definition) is 1. The molecule has 0 amide bonds. The highest BCUT2D eigenvalue weighted by Gasteiger charge is 2.24. The number of benzene rings is 1. The molecule has 0 spiro atoms. The molecule has 1 aliphatic heterocycles. The highest BCUT2D eigenvalue weighted by Crippen LogP contribution is 2.23. The van der Waals surface area contributed by atoms with Crippen molar-refractivity contribution in [2.45, 2.75) is 12.5 Å². The van der Waals surface area contributed by atoms with Crippen LogP contribution in [0.4, 0.5) is 0 Å². The van der Waals surface area contributed by atoms with E-state index in [2.05, 4.69) is 10.3 Å².